The van der Waals surface area contributed by atoms with Gasteiger partial charge in [-0.3, -0.25) is 0 Å². The van der Waals surface area contributed by atoms with Crippen molar-refractivity contribution in [2.24, 2.45) is 0 Å². The van der Waals surface area contributed by atoms with Crippen LogP contribution in [0, 0.1) is 12.7 Å². The summed E-state index contributed by atoms with van der Waals surface area (Å²) in [5, 5.41) is 6.91. The van der Waals surface area contributed by atoms with Gasteiger partial charge >= 0.3 is 0 Å². The standard InChI is InChI=1S/C12H13FN2O/c1-8-5-9(3-4-11(8)13)12-6-10(7-14-2)16-15-12/h3-6,14H,7H2,1-2H3. The van der Waals surface area contributed by atoms with Crippen LogP contribution < -0.4 is 5.32 Å². The normalized spacial score (nSPS) is 10.7. The molecule has 0 aliphatic carbocycles. The summed E-state index contributed by atoms with van der Waals surface area (Å²) >= 11 is 0. The van der Waals surface area contributed by atoms with Crippen molar-refractivity contribution in [3.05, 3.63) is 41.4 Å². The fraction of sp³-hybridized carbons (Fsp3) is 0.250. The summed E-state index contributed by atoms with van der Waals surface area (Å²) in [4.78, 5) is 0. The highest BCUT2D eigenvalue weighted by Crippen LogP contribution is 2.21. The maximum Gasteiger partial charge on any atom is 0.151 e. The lowest BCUT2D eigenvalue weighted by atomic mass is 10.1. The number of aryl methyl sites for hydroxylation is 1. The van der Waals surface area contributed by atoms with Crippen LogP contribution in [0.5, 0.6) is 0 Å². The number of nitrogens with zero attached hydrogens (tertiary/aromatic N) is 1. The molecular formula is C12H13FN2O. The number of hydrogen-bond donors (Lipinski definition) is 1. The van der Waals surface area contributed by atoms with Gasteiger partial charge in [-0.25, -0.2) is 4.39 Å². The molecule has 2 rings (SSSR count). The number of nitrogens with one attached hydrogen (secondary N) is 1. The first-order valence-electron chi connectivity index (χ1n) is 5.07. The summed E-state index contributed by atoms with van der Waals surface area (Å²) in [7, 11) is 1.84. The van der Waals surface area contributed by atoms with Crippen LogP contribution >= 0.6 is 0 Å². The molecule has 0 bridgehead atoms. The van der Waals surface area contributed by atoms with Crippen LogP contribution in [0.4, 0.5) is 4.39 Å². The molecule has 3 nitrogen and oxygen atoms in total. The third-order valence-electron chi connectivity index (χ3n) is 2.36. The maximum atomic E-state index is 13.1. The van der Waals surface area contributed by atoms with Crippen LogP contribution in [0.2, 0.25) is 0 Å². The average Bonchev–Trinajstić information content (AvgIpc) is 2.71. The molecule has 1 aromatic carbocycles. The molecule has 2 aromatic rings. The summed E-state index contributed by atoms with van der Waals surface area (Å²) in [6.07, 6.45) is 0. The highest BCUT2D eigenvalue weighted by atomic mass is 19.1. The van der Waals surface area contributed by atoms with Crippen molar-refractivity contribution in [2.45, 2.75) is 13.5 Å². The minimum atomic E-state index is -0.206. The van der Waals surface area contributed by atoms with Gasteiger partial charge in [-0.2, -0.15) is 0 Å². The summed E-state index contributed by atoms with van der Waals surface area (Å²) in [6, 6.07) is 6.75. The van der Waals surface area contributed by atoms with Gasteiger partial charge in [0.2, 0.25) is 0 Å². The SMILES string of the molecule is CNCc1cc(-c2ccc(F)c(C)c2)no1. The Kier molecular flexibility index (Phi) is 3.01. The number of hydrogen-bond acceptors (Lipinski definition) is 3. The van der Waals surface area contributed by atoms with E-state index in [1.807, 2.05) is 13.1 Å². The number of aromatic nitrogens is 1. The van der Waals surface area contributed by atoms with Gasteiger partial charge in [0.15, 0.2) is 5.76 Å². The first-order valence-corrected chi connectivity index (χ1v) is 5.07. The van der Waals surface area contributed by atoms with Crippen molar-refractivity contribution >= 4 is 0 Å². The Morgan fingerprint density at radius 2 is 2.19 bits per heavy atom. The van der Waals surface area contributed by atoms with E-state index < -0.39 is 0 Å². The van der Waals surface area contributed by atoms with Gasteiger partial charge in [-0.15, -0.1) is 0 Å². The van der Waals surface area contributed by atoms with E-state index in [-0.39, 0.29) is 5.82 Å². The van der Waals surface area contributed by atoms with E-state index in [1.54, 1.807) is 19.1 Å². The van der Waals surface area contributed by atoms with E-state index in [0.29, 0.717) is 12.1 Å². The van der Waals surface area contributed by atoms with Crippen molar-refractivity contribution in [2.75, 3.05) is 7.05 Å². The van der Waals surface area contributed by atoms with Crippen molar-refractivity contribution in [1.82, 2.24) is 10.5 Å². The van der Waals surface area contributed by atoms with Gasteiger partial charge in [0, 0.05) is 11.6 Å². The number of rotatable bonds is 3. The molecule has 0 atom stereocenters. The molecule has 0 fully saturated rings. The zero-order valence-electron chi connectivity index (χ0n) is 9.25. The van der Waals surface area contributed by atoms with Crippen LogP contribution in [0.25, 0.3) is 11.3 Å². The molecule has 1 N–H and O–H groups in total. The molecule has 0 saturated carbocycles. The van der Waals surface area contributed by atoms with Crippen molar-refractivity contribution < 1.29 is 8.91 Å². The summed E-state index contributed by atoms with van der Waals surface area (Å²) < 4.78 is 18.2. The molecule has 1 heterocycles. The minimum absolute atomic E-state index is 0.206. The molecule has 0 radical (unpaired) electrons. The van der Waals surface area contributed by atoms with Gasteiger partial charge in [0.25, 0.3) is 0 Å². The Morgan fingerprint density at radius 3 is 2.88 bits per heavy atom. The Morgan fingerprint density at radius 1 is 1.38 bits per heavy atom. The highest BCUT2D eigenvalue weighted by Gasteiger charge is 2.07. The quantitative estimate of drug-likeness (QED) is 0.863. The molecule has 16 heavy (non-hydrogen) atoms. The second-order valence-corrected chi connectivity index (χ2v) is 3.67. The number of halogens is 1. The van der Waals surface area contributed by atoms with E-state index in [0.717, 1.165) is 17.0 Å². The Labute approximate surface area is 93.3 Å². The van der Waals surface area contributed by atoms with E-state index in [1.165, 1.54) is 6.07 Å². The number of benzene rings is 1. The molecule has 0 saturated heterocycles. The Balaban J connectivity index is 2.31. The van der Waals surface area contributed by atoms with Gasteiger partial charge in [-0.05, 0) is 37.7 Å². The topological polar surface area (TPSA) is 38.1 Å². The molecule has 0 spiro atoms. The van der Waals surface area contributed by atoms with Gasteiger partial charge in [0.1, 0.15) is 11.5 Å². The molecule has 0 unspecified atom stereocenters. The lowest BCUT2D eigenvalue weighted by Gasteiger charge is -1.98. The maximum absolute atomic E-state index is 13.1. The molecule has 0 amide bonds. The Hall–Kier alpha value is -1.68. The summed E-state index contributed by atoms with van der Waals surface area (Å²) in [6.45, 7) is 2.36. The third-order valence-corrected chi connectivity index (χ3v) is 2.36. The Bertz CT molecular complexity index is 494. The molecule has 0 aliphatic rings. The zero-order valence-corrected chi connectivity index (χ0v) is 9.25. The smallest absolute Gasteiger partial charge is 0.151 e. The third kappa shape index (κ3) is 2.12. The second-order valence-electron chi connectivity index (χ2n) is 3.67. The summed E-state index contributed by atoms with van der Waals surface area (Å²) in [5.41, 5.74) is 2.20. The van der Waals surface area contributed by atoms with Crippen LogP contribution in [-0.2, 0) is 6.54 Å². The predicted molar refractivity (Wildman–Crippen MR) is 59.4 cm³/mol. The molecule has 0 aliphatic heterocycles. The van der Waals surface area contributed by atoms with Gasteiger partial charge < -0.3 is 9.84 Å². The van der Waals surface area contributed by atoms with E-state index >= 15 is 0 Å². The average molecular weight is 220 g/mol. The van der Waals surface area contributed by atoms with E-state index in [9.17, 15) is 4.39 Å². The van der Waals surface area contributed by atoms with Crippen LogP contribution in [0.15, 0.2) is 28.8 Å². The minimum Gasteiger partial charge on any atom is -0.359 e. The molecule has 1 aromatic heterocycles. The van der Waals surface area contributed by atoms with Crippen LogP contribution in [0.3, 0.4) is 0 Å². The molecular weight excluding hydrogens is 207 g/mol. The first-order chi connectivity index (χ1) is 7.70. The fourth-order valence-corrected chi connectivity index (χ4v) is 1.51. The van der Waals surface area contributed by atoms with Gasteiger partial charge in [0.05, 0.1) is 6.54 Å². The highest BCUT2D eigenvalue weighted by molar-refractivity contribution is 5.59. The fourth-order valence-electron chi connectivity index (χ4n) is 1.51. The van der Waals surface area contributed by atoms with Crippen LogP contribution in [-0.4, -0.2) is 12.2 Å². The molecule has 84 valence electrons. The van der Waals surface area contributed by atoms with E-state index in [4.69, 9.17) is 4.52 Å². The largest absolute Gasteiger partial charge is 0.359 e. The van der Waals surface area contributed by atoms with Gasteiger partial charge in [-0.1, -0.05) is 5.16 Å². The summed E-state index contributed by atoms with van der Waals surface area (Å²) in [5.74, 6) is 0.558. The molecule has 4 heteroatoms. The monoisotopic (exact) mass is 220 g/mol. The second kappa shape index (κ2) is 4.45. The lowest BCUT2D eigenvalue weighted by molar-refractivity contribution is 0.379. The van der Waals surface area contributed by atoms with Crippen LogP contribution in [0.1, 0.15) is 11.3 Å². The zero-order chi connectivity index (χ0) is 11.5. The predicted octanol–water partition coefficient (Wildman–Crippen LogP) is 2.51. The lowest BCUT2D eigenvalue weighted by Crippen LogP contribution is -2.03. The van der Waals surface area contributed by atoms with Crippen molar-refractivity contribution in [1.29, 1.82) is 0 Å². The van der Waals surface area contributed by atoms with E-state index in [2.05, 4.69) is 10.5 Å². The van der Waals surface area contributed by atoms with Crippen molar-refractivity contribution in [3.63, 3.8) is 0 Å². The first kappa shape index (κ1) is 10.8. The van der Waals surface area contributed by atoms with Crippen molar-refractivity contribution in [3.8, 4) is 11.3 Å².